The van der Waals surface area contributed by atoms with Crippen LogP contribution in [0.1, 0.15) is 28.5 Å². The number of benzene rings is 2. The summed E-state index contributed by atoms with van der Waals surface area (Å²) in [4.78, 5) is 16.9. The molecule has 0 bridgehead atoms. The second-order valence-electron chi connectivity index (χ2n) is 5.37. The number of aromatic nitrogens is 1. The predicted molar refractivity (Wildman–Crippen MR) is 96.1 cm³/mol. The van der Waals surface area contributed by atoms with Gasteiger partial charge in [-0.15, -0.1) is 11.3 Å². The highest BCUT2D eigenvalue weighted by atomic mass is 32.1. The molecule has 23 heavy (non-hydrogen) atoms. The lowest BCUT2D eigenvalue weighted by Crippen LogP contribution is -2.13. The molecule has 0 radical (unpaired) electrons. The van der Waals surface area contributed by atoms with Crippen LogP contribution in [0.5, 0.6) is 0 Å². The highest BCUT2D eigenvalue weighted by Crippen LogP contribution is 2.25. The number of carbonyl (C=O) groups is 1. The van der Waals surface area contributed by atoms with E-state index in [2.05, 4.69) is 24.1 Å². The van der Waals surface area contributed by atoms with Crippen molar-refractivity contribution in [3.8, 4) is 10.6 Å². The number of nitrogens with one attached hydrogen (secondary N) is 1. The van der Waals surface area contributed by atoms with Crippen LogP contribution in [0, 0.1) is 6.92 Å². The van der Waals surface area contributed by atoms with Crippen molar-refractivity contribution in [1.82, 2.24) is 4.98 Å². The van der Waals surface area contributed by atoms with E-state index in [4.69, 9.17) is 0 Å². The van der Waals surface area contributed by atoms with Gasteiger partial charge in [0.05, 0.1) is 0 Å². The average Bonchev–Trinajstić information content (AvgIpc) is 3.06. The summed E-state index contributed by atoms with van der Waals surface area (Å²) in [5.74, 6) is -0.166. The third-order valence-electron chi connectivity index (χ3n) is 3.68. The Hall–Kier alpha value is -2.46. The molecule has 1 amide bonds. The maximum atomic E-state index is 12.4. The maximum absolute atomic E-state index is 12.4. The summed E-state index contributed by atoms with van der Waals surface area (Å²) in [7, 11) is 0. The van der Waals surface area contributed by atoms with E-state index in [0.29, 0.717) is 5.69 Å². The Labute approximate surface area is 140 Å². The summed E-state index contributed by atoms with van der Waals surface area (Å²) in [5.41, 5.74) is 4.67. The second-order valence-corrected chi connectivity index (χ2v) is 6.23. The molecule has 0 spiro atoms. The monoisotopic (exact) mass is 322 g/mol. The van der Waals surface area contributed by atoms with Crippen LogP contribution < -0.4 is 5.32 Å². The summed E-state index contributed by atoms with van der Waals surface area (Å²) in [6.45, 7) is 4.12. The Morgan fingerprint density at radius 2 is 1.87 bits per heavy atom. The lowest BCUT2D eigenvalue weighted by Gasteiger charge is -2.08. The first-order chi connectivity index (χ1) is 11.2. The smallest absolute Gasteiger partial charge is 0.275 e. The van der Waals surface area contributed by atoms with Crippen LogP contribution in [0.25, 0.3) is 10.6 Å². The number of hydrogen-bond acceptors (Lipinski definition) is 3. The van der Waals surface area contributed by atoms with Crippen molar-refractivity contribution in [2.45, 2.75) is 20.3 Å². The van der Waals surface area contributed by atoms with Gasteiger partial charge in [-0.05, 0) is 25.0 Å². The van der Waals surface area contributed by atoms with Crippen molar-refractivity contribution in [2.75, 3.05) is 5.32 Å². The van der Waals surface area contributed by atoms with Gasteiger partial charge in [0.1, 0.15) is 10.7 Å². The van der Waals surface area contributed by atoms with Crippen molar-refractivity contribution >= 4 is 22.9 Å². The number of rotatable bonds is 4. The van der Waals surface area contributed by atoms with E-state index in [1.807, 2.05) is 48.5 Å². The van der Waals surface area contributed by atoms with Crippen LogP contribution >= 0.6 is 11.3 Å². The summed E-state index contributed by atoms with van der Waals surface area (Å²) >= 11 is 1.49. The predicted octanol–water partition coefficient (Wildman–Crippen LogP) is 4.93. The molecule has 0 aliphatic carbocycles. The van der Waals surface area contributed by atoms with Gasteiger partial charge in [0.15, 0.2) is 0 Å². The highest BCUT2D eigenvalue weighted by molar-refractivity contribution is 7.13. The maximum Gasteiger partial charge on any atom is 0.275 e. The van der Waals surface area contributed by atoms with Gasteiger partial charge in [0.2, 0.25) is 0 Å². The van der Waals surface area contributed by atoms with Gasteiger partial charge >= 0.3 is 0 Å². The topological polar surface area (TPSA) is 42.0 Å². The zero-order chi connectivity index (χ0) is 16.2. The van der Waals surface area contributed by atoms with E-state index < -0.39 is 0 Å². The van der Waals surface area contributed by atoms with Gasteiger partial charge in [-0.3, -0.25) is 4.79 Å². The van der Waals surface area contributed by atoms with Crippen molar-refractivity contribution in [3.05, 3.63) is 70.7 Å². The van der Waals surface area contributed by atoms with Crippen LogP contribution in [0.4, 0.5) is 5.69 Å². The molecule has 4 heteroatoms. The Kier molecular flexibility index (Phi) is 4.53. The van der Waals surface area contributed by atoms with Crippen molar-refractivity contribution in [3.63, 3.8) is 0 Å². The number of aryl methyl sites for hydroxylation is 2. The van der Waals surface area contributed by atoms with E-state index >= 15 is 0 Å². The molecule has 0 saturated carbocycles. The zero-order valence-corrected chi connectivity index (χ0v) is 14.0. The van der Waals surface area contributed by atoms with Gasteiger partial charge in [0, 0.05) is 16.6 Å². The third kappa shape index (κ3) is 3.48. The summed E-state index contributed by atoms with van der Waals surface area (Å²) in [6.07, 6.45) is 0.877. The first-order valence-corrected chi connectivity index (χ1v) is 8.47. The molecular weight excluding hydrogens is 304 g/mol. The van der Waals surface area contributed by atoms with Gasteiger partial charge in [-0.1, -0.05) is 55.0 Å². The number of carbonyl (C=O) groups excluding carboxylic acids is 1. The Bertz CT molecular complexity index is 821. The summed E-state index contributed by atoms with van der Waals surface area (Å²) in [5, 5.41) is 5.62. The van der Waals surface area contributed by atoms with E-state index in [-0.39, 0.29) is 5.91 Å². The average molecular weight is 322 g/mol. The molecular formula is C19H18N2OS. The Morgan fingerprint density at radius 1 is 1.13 bits per heavy atom. The lowest BCUT2D eigenvalue weighted by molar-refractivity contribution is 0.102. The van der Waals surface area contributed by atoms with Crippen molar-refractivity contribution < 1.29 is 4.79 Å². The Morgan fingerprint density at radius 3 is 2.61 bits per heavy atom. The van der Waals surface area contributed by atoms with E-state index in [0.717, 1.165) is 28.2 Å². The van der Waals surface area contributed by atoms with Crippen molar-refractivity contribution in [1.29, 1.82) is 0 Å². The van der Waals surface area contributed by atoms with Crippen LogP contribution in [0.15, 0.2) is 53.9 Å². The van der Waals surface area contributed by atoms with Crippen LogP contribution in [-0.4, -0.2) is 10.9 Å². The molecule has 0 atom stereocenters. The Balaban J connectivity index is 1.80. The molecule has 1 heterocycles. The molecule has 3 rings (SSSR count). The van der Waals surface area contributed by atoms with Gasteiger partial charge in [-0.2, -0.15) is 0 Å². The lowest BCUT2D eigenvalue weighted by atomic mass is 10.1. The van der Waals surface area contributed by atoms with Crippen LogP contribution in [-0.2, 0) is 6.42 Å². The first kappa shape index (κ1) is 15.4. The minimum absolute atomic E-state index is 0.166. The summed E-state index contributed by atoms with van der Waals surface area (Å²) in [6, 6.07) is 16.0. The standard InChI is InChI=1S/C19H18N2OS/c1-3-14-6-4-5-7-16(14)20-18(22)17-12-23-19(21-17)15-10-8-13(2)9-11-15/h4-12H,3H2,1-2H3,(H,20,22). The van der Waals surface area contributed by atoms with Gasteiger partial charge in [-0.25, -0.2) is 4.98 Å². The van der Waals surface area contributed by atoms with Gasteiger partial charge < -0.3 is 5.32 Å². The summed E-state index contributed by atoms with van der Waals surface area (Å²) < 4.78 is 0. The van der Waals surface area contributed by atoms with Crippen molar-refractivity contribution in [2.24, 2.45) is 0 Å². The van der Waals surface area contributed by atoms with Gasteiger partial charge in [0.25, 0.3) is 5.91 Å². The normalized spacial score (nSPS) is 10.5. The third-order valence-corrected chi connectivity index (χ3v) is 4.57. The molecule has 0 unspecified atom stereocenters. The molecule has 0 fully saturated rings. The number of anilines is 1. The molecule has 1 N–H and O–H groups in total. The number of para-hydroxylation sites is 1. The number of thiazole rings is 1. The molecule has 2 aromatic carbocycles. The zero-order valence-electron chi connectivity index (χ0n) is 13.2. The van der Waals surface area contributed by atoms with E-state index in [1.165, 1.54) is 16.9 Å². The number of hydrogen-bond donors (Lipinski definition) is 1. The minimum Gasteiger partial charge on any atom is -0.320 e. The second kappa shape index (κ2) is 6.75. The molecule has 0 aliphatic rings. The van der Waals surface area contributed by atoms with E-state index in [1.54, 1.807) is 5.38 Å². The van der Waals surface area contributed by atoms with Crippen LogP contribution in [0.3, 0.4) is 0 Å². The molecule has 1 aromatic heterocycles. The molecule has 0 aliphatic heterocycles. The SMILES string of the molecule is CCc1ccccc1NC(=O)c1csc(-c2ccc(C)cc2)n1. The molecule has 0 saturated heterocycles. The largest absolute Gasteiger partial charge is 0.320 e. The number of amides is 1. The van der Waals surface area contributed by atoms with Crippen LogP contribution in [0.2, 0.25) is 0 Å². The molecule has 116 valence electrons. The minimum atomic E-state index is -0.166. The molecule has 3 aromatic rings. The first-order valence-electron chi connectivity index (χ1n) is 7.59. The number of nitrogens with zero attached hydrogens (tertiary/aromatic N) is 1. The fourth-order valence-electron chi connectivity index (χ4n) is 2.34. The quantitative estimate of drug-likeness (QED) is 0.739. The van der Waals surface area contributed by atoms with E-state index in [9.17, 15) is 4.79 Å². The fourth-order valence-corrected chi connectivity index (χ4v) is 3.15. The highest BCUT2D eigenvalue weighted by Gasteiger charge is 2.13. The fraction of sp³-hybridized carbons (Fsp3) is 0.158. The molecule has 3 nitrogen and oxygen atoms in total.